The van der Waals surface area contributed by atoms with Gasteiger partial charge in [-0.15, -0.1) is 0 Å². The fourth-order valence-corrected chi connectivity index (χ4v) is 1.78. The van der Waals surface area contributed by atoms with Gasteiger partial charge in [-0.05, 0) is 25.0 Å². The molecule has 0 unspecified atom stereocenters. The first-order chi connectivity index (χ1) is 9.92. The largest absolute Gasteiger partial charge is 0.491 e. The zero-order valence-corrected chi connectivity index (χ0v) is 12.5. The normalized spacial score (nSPS) is 11.0. The minimum absolute atomic E-state index is 0.118. The molecule has 2 amide bonds. The smallest absolute Gasteiger partial charge is 0.244 e. The molecule has 0 heterocycles. The van der Waals surface area contributed by atoms with Crippen LogP contribution in [0.1, 0.15) is 33.1 Å². The van der Waals surface area contributed by atoms with Crippen molar-refractivity contribution in [2.45, 2.75) is 38.6 Å². The Balaban J connectivity index is 2.79. The van der Waals surface area contributed by atoms with Gasteiger partial charge in [0, 0.05) is 0 Å². The number of amides is 2. The van der Waals surface area contributed by atoms with Crippen molar-refractivity contribution >= 4 is 17.5 Å². The van der Waals surface area contributed by atoms with E-state index in [2.05, 4.69) is 5.32 Å². The van der Waals surface area contributed by atoms with Gasteiger partial charge in [0.15, 0.2) is 0 Å². The summed E-state index contributed by atoms with van der Waals surface area (Å²) in [6.07, 6.45) is 1.20. The van der Waals surface area contributed by atoms with Crippen LogP contribution in [0.4, 0.5) is 5.69 Å². The molecular formula is C15H23N3O3. The highest BCUT2D eigenvalue weighted by Gasteiger charge is 2.30. The lowest BCUT2D eigenvalue weighted by Crippen LogP contribution is -2.50. The predicted octanol–water partition coefficient (Wildman–Crippen LogP) is 1.40. The molecule has 5 N–H and O–H groups in total. The summed E-state index contributed by atoms with van der Waals surface area (Å²) in [5.41, 5.74) is 10.8. The highest BCUT2D eigenvalue weighted by atomic mass is 16.5. The number of anilines is 1. The number of carbonyl (C=O) groups is 2. The Kier molecular flexibility index (Phi) is 6.17. The second kappa shape index (κ2) is 7.64. The molecule has 1 aromatic carbocycles. The molecule has 0 saturated carbocycles. The van der Waals surface area contributed by atoms with Crippen LogP contribution in [-0.4, -0.2) is 24.0 Å². The van der Waals surface area contributed by atoms with Gasteiger partial charge in [-0.1, -0.05) is 26.0 Å². The summed E-state index contributed by atoms with van der Waals surface area (Å²) in [5, 5.41) is 2.79. The molecule has 6 heteroatoms. The van der Waals surface area contributed by atoms with E-state index in [0.717, 1.165) is 0 Å². The Labute approximate surface area is 124 Å². The summed E-state index contributed by atoms with van der Waals surface area (Å²) in [7, 11) is 0. The zero-order valence-electron chi connectivity index (χ0n) is 12.5. The van der Waals surface area contributed by atoms with Gasteiger partial charge in [0.25, 0.3) is 0 Å². The van der Waals surface area contributed by atoms with Crippen molar-refractivity contribution in [2.75, 3.05) is 11.9 Å². The van der Waals surface area contributed by atoms with Crippen molar-refractivity contribution in [3.63, 3.8) is 0 Å². The minimum atomic E-state index is -0.902. The zero-order chi connectivity index (χ0) is 15.9. The molecule has 1 aromatic rings. The van der Waals surface area contributed by atoms with E-state index in [-0.39, 0.29) is 18.9 Å². The van der Waals surface area contributed by atoms with E-state index in [1.807, 2.05) is 13.8 Å². The average Bonchev–Trinajstić information content (AvgIpc) is 2.47. The number of ether oxygens (including phenoxy) is 1. The summed E-state index contributed by atoms with van der Waals surface area (Å²) >= 11 is 0. The number of nitrogens with one attached hydrogen (secondary N) is 1. The van der Waals surface area contributed by atoms with E-state index in [0.29, 0.717) is 24.3 Å². The fraction of sp³-hybridized carbons (Fsp3) is 0.467. The Morgan fingerprint density at radius 3 is 2.43 bits per heavy atom. The molecule has 0 aliphatic rings. The maximum absolute atomic E-state index is 12.3. The van der Waals surface area contributed by atoms with E-state index in [1.54, 1.807) is 24.3 Å². The van der Waals surface area contributed by atoms with Crippen molar-refractivity contribution in [2.24, 2.45) is 11.5 Å². The van der Waals surface area contributed by atoms with Crippen LogP contribution in [0.15, 0.2) is 24.3 Å². The van der Waals surface area contributed by atoms with E-state index < -0.39 is 11.4 Å². The lowest BCUT2D eigenvalue weighted by molar-refractivity contribution is -0.121. The van der Waals surface area contributed by atoms with Crippen LogP contribution >= 0.6 is 0 Å². The molecule has 0 aliphatic carbocycles. The second-order valence-corrected chi connectivity index (χ2v) is 4.88. The van der Waals surface area contributed by atoms with Gasteiger partial charge in [0.05, 0.1) is 24.3 Å². The van der Waals surface area contributed by atoms with E-state index in [4.69, 9.17) is 16.2 Å². The molecule has 0 radical (unpaired) electrons. The van der Waals surface area contributed by atoms with Gasteiger partial charge in [0.1, 0.15) is 5.75 Å². The summed E-state index contributed by atoms with van der Waals surface area (Å²) < 4.78 is 5.47. The SMILES string of the molecule is CCC(N)(CC)C(=O)Nc1ccccc1OCCC(N)=O. The van der Waals surface area contributed by atoms with E-state index in [1.165, 1.54) is 0 Å². The highest BCUT2D eigenvalue weighted by Crippen LogP contribution is 2.25. The Morgan fingerprint density at radius 1 is 1.24 bits per heavy atom. The quantitative estimate of drug-likeness (QED) is 0.673. The summed E-state index contributed by atoms with van der Waals surface area (Å²) in [6, 6.07) is 7.01. The topological polar surface area (TPSA) is 107 Å². The van der Waals surface area contributed by atoms with Crippen LogP contribution in [0.25, 0.3) is 0 Å². The number of para-hydroxylation sites is 2. The third-order valence-electron chi connectivity index (χ3n) is 3.46. The third kappa shape index (κ3) is 4.75. The Bertz CT molecular complexity index is 499. The lowest BCUT2D eigenvalue weighted by atomic mass is 9.93. The maximum atomic E-state index is 12.3. The molecule has 0 aliphatic heterocycles. The van der Waals surface area contributed by atoms with Gasteiger partial charge in [-0.25, -0.2) is 0 Å². The first-order valence-electron chi connectivity index (χ1n) is 7.03. The van der Waals surface area contributed by atoms with Crippen LogP contribution in [-0.2, 0) is 9.59 Å². The standard InChI is InChI=1S/C15H23N3O3/c1-3-15(17,4-2)14(20)18-11-7-5-6-8-12(11)21-10-9-13(16)19/h5-8H,3-4,9-10,17H2,1-2H3,(H2,16,19)(H,18,20). The number of primary amides is 1. The van der Waals surface area contributed by atoms with Gasteiger partial charge in [0.2, 0.25) is 11.8 Å². The average molecular weight is 293 g/mol. The molecule has 0 bridgehead atoms. The number of nitrogens with two attached hydrogens (primary N) is 2. The van der Waals surface area contributed by atoms with E-state index in [9.17, 15) is 9.59 Å². The van der Waals surface area contributed by atoms with Crippen LogP contribution in [0, 0.1) is 0 Å². The van der Waals surface area contributed by atoms with Gasteiger partial charge >= 0.3 is 0 Å². The summed E-state index contributed by atoms with van der Waals surface area (Å²) in [5.74, 6) is -0.199. The number of hydrogen-bond donors (Lipinski definition) is 3. The number of carbonyl (C=O) groups excluding carboxylic acids is 2. The molecule has 0 spiro atoms. The van der Waals surface area contributed by atoms with Gasteiger partial charge in [-0.3, -0.25) is 9.59 Å². The summed E-state index contributed by atoms with van der Waals surface area (Å²) in [6.45, 7) is 3.91. The van der Waals surface area contributed by atoms with Crippen LogP contribution in [0.5, 0.6) is 5.75 Å². The minimum Gasteiger partial charge on any atom is -0.491 e. The fourth-order valence-electron chi connectivity index (χ4n) is 1.78. The van der Waals surface area contributed by atoms with Crippen molar-refractivity contribution in [3.8, 4) is 5.75 Å². The first-order valence-corrected chi connectivity index (χ1v) is 7.03. The lowest BCUT2D eigenvalue weighted by Gasteiger charge is -2.25. The monoisotopic (exact) mass is 293 g/mol. The molecule has 0 atom stereocenters. The molecule has 0 fully saturated rings. The van der Waals surface area contributed by atoms with E-state index >= 15 is 0 Å². The van der Waals surface area contributed by atoms with Crippen LogP contribution in [0.2, 0.25) is 0 Å². The number of rotatable bonds is 8. The molecule has 21 heavy (non-hydrogen) atoms. The third-order valence-corrected chi connectivity index (χ3v) is 3.46. The Morgan fingerprint density at radius 2 is 1.86 bits per heavy atom. The molecule has 0 saturated heterocycles. The number of benzene rings is 1. The predicted molar refractivity (Wildman–Crippen MR) is 81.9 cm³/mol. The molecular weight excluding hydrogens is 270 g/mol. The highest BCUT2D eigenvalue weighted by molar-refractivity contribution is 5.98. The summed E-state index contributed by atoms with van der Waals surface area (Å²) in [4.78, 5) is 23.0. The molecule has 116 valence electrons. The van der Waals surface area contributed by atoms with Crippen molar-refractivity contribution in [3.05, 3.63) is 24.3 Å². The molecule has 0 aromatic heterocycles. The second-order valence-electron chi connectivity index (χ2n) is 4.88. The number of hydrogen-bond acceptors (Lipinski definition) is 4. The van der Waals surface area contributed by atoms with Crippen molar-refractivity contribution < 1.29 is 14.3 Å². The van der Waals surface area contributed by atoms with Crippen molar-refractivity contribution in [1.29, 1.82) is 0 Å². The molecule has 6 nitrogen and oxygen atoms in total. The first kappa shape index (κ1) is 17.0. The van der Waals surface area contributed by atoms with Gasteiger partial charge < -0.3 is 21.5 Å². The van der Waals surface area contributed by atoms with Crippen LogP contribution < -0.4 is 21.5 Å². The Hall–Kier alpha value is -2.08. The van der Waals surface area contributed by atoms with Crippen LogP contribution in [0.3, 0.4) is 0 Å². The maximum Gasteiger partial charge on any atom is 0.244 e. The van der Waals surface area contributed by atoms with Gasteiger partial charge in [-0.2, -0.15) is 0 Å². The molecule has 1 rings (SSSR count). The van der Waals surface area contributed by atoms with Crippen molar-refractivity contribution in [1.82, 2.24) is 0 Å².